The van der Waals surface area contributed by atoms with Crippen LogP contribution in [0.15, 0.2) is 59.9 Å². The highest BCUT2D eigenvalue weighted by atomic mass is 19.1. The van der Waals surface area contributed by atoms with Gasteiger partial charge in [-0.2, -0.15) is 0 Å². The average molecular weight is 321 g/mol. The number of benzene rings is 1. The molecule has 118 valence electrons. The van der Waals surface area contributed by atoms with Crippen molar-refractivity contribution in [2.24, 2.45) is 0 Å². The smallest absolute Gasteiger partial charge is 0.277 e. The minimum Gasteiger partial charge on any atom is -0.320 e. The summed E-state index contributed by atoms with van der Waals surface area (Å²) in [6.07, 6.45) is 4.79. The Morgan fingerprint density at radius 1 is 1.17 bits per heavy atom. The maximum Gasteiger partial charge on any atom is 0.277 e. The number of H-pyrrole nitrogens is 1. The Morgan fingerprint density at radius 3 is 2.79 bits per heavy atom. The van der Waals surface area contributed by atoms with E-state index in [0.29, 0.717) is 23.5 Å². The Hall–Kier alpha value is -3.35. The molecule has 4 aromatic rings. The Bertz CT molecular complexity index is 1070. The van der Waals surface area contributed by atoms with Crippen molar-refractivity contribution in [2.75, 3.05) is 0 Å². The summed E-state index contributed by atoms with van der Waals surface area (Å²) in [7, 11) is 0. The number of aromatic amines is 1. The summed E-state index contributed by atoms with van der Waals surface area (Å²) in [6.45, 7) is 0.341. The zero-order valence-electron chi connectivity index (χ0n) is 12.5. The van der Waals surface area contributed by atoms with E-state index in [9.17, 15) is 9.18 Å². The SMILES string of the molecule is O=c1[nH]c(-c2ccncc2)nc2ncn(Cc3cccc(F)c3)c12. The van der Waals surface area contributed by atoms with E-state index in [2.05, 4.69) is 19.9 Å². The van der Waals surface area contributed by atoms with Gasteiger partial charge < -0.3 is 9.55 Å². The van der Waals surface area contributed by atoms with Crippen LogP contribution in [-0.4, -0.2) is 24.5 Å². The molecule has 0 fully saturated rings. The lowest BCUT2D eigenvalue weighted by molar-refractivity contribution is 0.624. The maximum atomic E-state index is 13.3. The van der Waals surface area contributed by atoms with Crippen LogP contribution in [0.2, 0.25) is 0 Å². The monoisotopic (exact) mass is 321 g/mol. The highest BCUT2D eigenvalue weighted by molar-refractivity contribution is 5.72. The van der Waals surface area contributed by atoms with E-state index in [1.54, 1.807) is 41.2 Å². The Labute approximate surface area is 135 Å². The molecule has 24 heavy (non-hydrogen) atoms. The number of imidazole rings is 1. The van der Waals surface area contributed by atoms with Crippen molar-refractivity contribution >= 4 is 11.2 Å². The molecule has 0 amide bonds. The van der Waals surface area contributed by atoms with E-state index in [0.717, 1.165) is 11.1 Å². The van der Waals surface area contributed by atoms with Crippen LogP contribution in [0.5, 0.6) is 0 Å². The van der Waals surface area contributed by atoms with E-state index in [1.807, 2.05) is 0 Å². The molecule has 7 heteroatoms. The lowest BCUT2D eigenvalue weighted by Crippen LogP contribution is -2.13. The van der Waals surface area contributed by atoms with Crippen molar-refractivity contribution in [3.8, 4) is 11.4 Å². The van der Waals surface area contributed by atoms with Gasteiger partial charge in [-0.15, -0.1) is 0 Å². The van der Waals surface area contributed by atoms with Crippen molar-refractivity contribution in [3.05, 3.63) is 76.9 Å². The van der Waals surface area contributed by atoms with Gasteiger partial charge >= 0.3 is 0 Å². The lowest BCUT2D eigenvalue weighted by Gasteiger charge is -2.05. The van der Waals surface area contributed by atoms with Crippen LogP contribution in [-0.2, 0) is 6.54 Å². The fourth-order valence-corrected chi connectivity index (χ4v) is 2.58. The minimum atomic E-state index is -0.316. The molecule has 0 atom stereocenters. The second-order valence-corrected chi connectivity index (χ2v) is 5.33. The molecule has 0 aliphatic rings. The van der Waals surface area contributed by atoms with Crippen molar-refractivity contribution in [2.45, 2.75) is 6.54 Å². The van der Waals surface area contributed by atoms with Crippen LogP contribution in [0.25, 0.3) is 22.6 Å². The fourth-order valence-electron chi connectivity index (χ4n) is 2.58. The summed E-state index contributed by atoms with van der Waals surface area (Å²) >= 11 is 0. The number of nitrogens with one attached hydrogen (secondary N) is 1. The number of aromatic nitrogens is 5. The molecule has 0 spiro atoms. The highest BCUT2D eigenvalue weighted by Crippen LogP contribution is 2.15. The molecular weight excluding hydrogens is 309 g/mol. The third kappa shape index (κ3) is 2.56. The molecular formula is C17H12FN5O. The molecule has 3 heterocycles. The van der Waals surface area contributed by atoms with E-state index >= 15 is 0 Å². The molecule has 0 saturated carbocycles. The van der Waals surface area contributed by atoms with Crippen LogP contribution in [0, 0.1) is 5.82 Å². The van der Waals surface area contributed by atoms with Gasteiger partial charge in [-0.1, -0.05) is 12.1 Å². The van der Waals surface area contributed by atoms with Crippen LogP contribution >= 0.6 is 0 Å². The Morgan fingerprint density at radius 2 is 2.00 bits per heavy atom. The van der Waals surface area contributed by atoms with Gasteiger partial charge in [0.1, 0.15) is 11.6 Å². The van der Waals surface area contributed by atoms with E-state index in [-0.39, 0.29) is 11.4 Å². The first-order valence-corrected chi connectivity index (χ1v) is 7.31. The first-order chi connectivity index (χ1) is 11.7. The van der Waals surface area contributed by atoms with Gasteiger partial charge in [0, 0.05) is 24.5 Å². The first kappa shape index (κ1) is 14.3. The Kier molecular flexibility index (Phi) is 3.38. The summed E-state index contributed by atoms with van der Waals surface area (Å²) in [5, 5.41) is 0. The van der Waals surface area contributed by atoms with Crippen LogP contribution in [0.3, 0.4) is 0 Å². The molecule has 0 saturated heterocycles. The number of pyridine rings is 1. The molecule has 0 radical (unpaired) electrons. The summed E-state index contributed by atoms with van der Waals surface area (Å²) < 4.78 is 15.0. The van der Waals surface area contributed by atoms with Gasteiger partial charge in [-0.05, 0) is 29.8 Å². The third-order valence-corrected chi connectivity index (χ3v) is 3.68. The number of fused-ring (bicyclic) bond motifs is 1. The van der Waals surface area contributed by atoms with E-state index in [4.69, 9.17) is 0 Å². The molecule has 3 aromatic heterocycles. The van der Waals surface area contributed by atoms with Crippen LogP contribution in [0.4, 0.5) is 4.39 Å². The minimum absolute atomic E-state index is 0.291. The standard InChI is InChI=1S/C17H12FN5O/c18-13-3-1-2-11(8-13)9-23-10-20-16-14(23)17(24)22-15(21-16)12-4-6-19-7-5-12/h1-8,10H,9H2,(H,21,22,24). The molecule has 1 aromatic carbocycles. The van der Waals surface area contributed by atoms with Gasteiger partial charge in [0.2, 0.25) is 0 Å². The van der Waals surface area contributed by atoms with Gasteiger partial charge in [0.25, 0.3) is 5.56 Å². The number of nitrogens with zero attached hydrogens (tertiary/aromatic N) is 4. The molecule has 0 aliphatic carbocycles. The lowest BCUT2D eigenvalue weighted by atomic mass is 10.2. The van der Waals surface area contributed by atoms with Gasteiger partial charge in [-0.3, -0.25) is 9.78 Å². The third-order valence-electron chi connectivity index (χ3n) is 3.68. The van der Waals surface area contributed by atoms with Crippen molar-refractivity contribution in [3.63, 3.8) is 0 Å². The summed E-state index contributed by atoms with van der Waals surface area (Å²) in [4.78, 5) is 27.8. The molecule has 4 rings (SSSR count). The summed E-state index contributed by atoms with van der Waals surface area (Å²) in [5.74, 6) is 0.120. The Balaban J connectivity index is 1.79. The molecule has 6 nitrogen and oxygen atoms in total. The predicted octanol–water partition coefficient (Wildman–Crippen LogP) is 2.37. The molecule has 1 N–H and O–H groups in total. The predicted molar refractivity (Wildman–Crippen MR) is 86.9 cm³/mol. The quantitative estimate of drug-likeness (QED) is 0.628. The number of halogens is 1. The zero-order chi connectivity index (χ0) is 16.5. The summed E-state index contributed by atoms with van der Waals surface area (Å²) in [6, 6.07) is 9.75. The summed E-state index contributed by atoms with van der Waals surface area (Å²) in [5.41, 5.74) is 1.91. The number of hydrogen-bond donors (Lipinski definition) is 1. The van der Waals surface area contributed by atoms with E-state index < -0.39 is 0 Å². The zero-order valence-corrected chi connectivity index (χ0v) is 12.5. The normalized spacial score (nSPS) is 11.0. The molecule has 0 unspecified atom stereocenters. The molecule has 0 aliphatic heterocycles. The number of hydrogen-bond acceptors (Lipinski definition) is 4. The van der Waals surface area contributed by atoms with Crippen molar-refractivity contribution < 1.29 is 4.39 Å². The highest BCUT2D eigenvalue weighted by Gasteiger charge is 2.12. The van der Waals surface area contributed by atoms with Gasteiger partial charge in [0.05, 0.1) is 6.33 Å². The van der Waals surface area contributed by atoms with Crippen LogP contribution < -0.4 is 5.56 Å². The van der Waals surface area contributed by atoms with Gasteiger partial charge in [-0.25, -0.2) is 14.4 Å². The van der Waals surface area contributed by atoms with Gasteiger partial charge in [0.15, 0.2) is 11.2 Å². The second kappa shape index (κ2) is 5.69. The largest absolute Gasteiger partial charge is 0.320 e. The number of rotatable bonds is 3. The molecule has 0 bridgehead atoms. The van der Waals surface area contributed by atoms with E-state index in [1.165, 1.54) is 18.5 Å². The fraction of sp³-hybridized carbons (Fsp3) is 0.0588. The average Bonchev–Trinajstić information content (AvgIpc) is 2.99. The van der Waals surface area contributed by atoms with Crippen LogP contribution in [0.1, 0.15) is 5.56 Å². The second-order valence-electron chi connectivity index (χ2n) is 5.33. The first-order valence-electron chi connectivity index (χ1n) is 7.31. The van der Waals surface area contributed by atoms with Crippen molar-refractivity contribution in [1.29, 1.82) is 0 Å². The maximum absolute atomic E-state index is 13.3. The van der Waals surface area contributed by atoms with Crippen molar-refractivity contribution in [1.82, 2.24) is 24.5 Å². The topological polar surface area (TPSA) is 76.5 Å².